The zero-order valence-electron chi connectivity index (χ0n) is 13.2. The number of benzene rings is 2. The molecule has 22 heavy (non-hydrogen) atoms. The van der Waals surface area contributed by atoms with Gasteiger partial charge in [0.25, 0.3) is 0 Å². The summed E-state index contributed by atoms with van der Waals surface area (Å²) in [6.45, 7) is 4.41. The van der Waals surface area contributed by atoms with Crippen LogP contribution in [-0.2, 0) is 7.05 Å². The van der Waals surface area contributed by atoms with Crippen molar-refractivity contribution < 1.29 is 4.79 Å². The van der Waals surface area contributed by atoms with E-state index in [0.29, 0.717) is 6.54 Å². The number of para-hydroxylation sites is 2. The number of nitrogens with zero attached hydrogens (tertiary/aromatic N) is 1. The lowest BCUT2D eigenvalue weighted by atomic mass is 10.1. The van der Waals surface area contributed by atoms with Gasteiger partial charge in [0.05, 0.1) is 6.54 Å². The molecule has 112 valence electrons. The van der Waals surface area contributed by atoms with Gasteiger partial charge in [0, 0.05) is 35.4 Å². The molecule has 0 aliphatic heterocycles. The van der Waals surface area contributed by atoms with Gasteiger partial charge in [-0.05, 0) is 31.0 Å². The van der Waals surface area contributed by atoms with E-state index in [9.17, 15) is 4.79 Å². The van der Waals surface area contributed by atoms with Gasteiger partial charge in [-0.15, -0.1) is 0 Å². The lowest BCUT2D eigenvalue weighted by molar-refractivity contribution is 0.101. The van der Waals surface area contributed by atoms with Crippen LogP contribution in [0.25, 0.3) is 10.9 Å². The van der Waals surface area contributed by atoms with Gasteiger partial charge < -0.3 is 9.88 Å². The van der Waals surface area contributed by atoms with Gasteiger partial charge in [-0.3, -0.25) is 4.79 Å². The molecule has 0 aliphatic carbocycles. The number of anilines is 1. The van der Waals surface area contributed by atoms with Gasteiger partial charge in [0.15, 0.2) is 5.78 Å². The van der Waals surface area contributed by atoms with Crippen molar-refractivity contribution in [1.29, 1.82) is 0 Å². The smallest absolute Gasteiger partial charge is 0.184 e. The topological polar surface area (TPSA) is 34.0 Å². The van der Waals surface area contributed by atoms with Crippen LogP contribution < -0.4 is 5.32 Å². The maximum atomic E-state index is 12.6. The van der Waals surface area contributed by atoms with Gasteiger partial charge >= 0.3 is 0 Å². The number of hydrogen-bond donors (Lipinski definition) is 1. The summed E-state index contributed by atoms with van der Waals surface area (Å²) in [6.07, 6.45) is 1.92. The molecule has 0 spiro atoms. The van der Waals surface area contributed by atoms with Gasteiger partial charge in [-0.1, -0.05) is 36.4 Å². The van der Waals surface area contributed by atoms with Crippen LogP contribution in [0.15, 0.2) is 48.7 Å². The Morgan fingerprint density at radius 2 is 1.73 bits per heavy atom. The van der Waals surface area contributed by atoms with Crippen LogP contribution in [0.5, 0.6) is 0 Å². The Morgan fingerprint density at radius 1 is 1.05 bits per heavy atom. The Balaban J connectivity index is 1.85. The number of aromatic nitrogens is 1. The third-order valence-electron chi connectivity index (χ3n) is 4.10. The van der Waals surface area contributed by atoms with Crippen molar-refractivity contribution in [3.63, 3.8) is 0 Å². The Morgan fingerprint density at radius 3 is 2.45 bits per heavy atom. The monoisotopic (exact) mass is 292 g/mol. The van der Waals surface area contributed by atoms with Crippen molar-refractivity contribution in [1.82, 2.24) is 4.57 Å². The van der Waals surface area contributed by atoms with E-state index >= 15 is 0 Å². The van der Waals surface area contributed by atoms with E-state index in [0.717, 1.165) is 33.3 Å². The molecule has 0 aliphatic rings. The molecule has 1 heterocycles. The lowest BCUT2D eigenvalue weighted by Crippen LogP contribution is -2.15. The largest absolute Gasteiger partial charge is 0.377 e. The molecular formula is C19H20N2O. The quantitative estimate of drug-likeness (QED) is 0.735. The molecule has 3 rings (SSSR count). The highest BCUT2D eigenvalue weighted by Crippen LogP contribution is 2.22. The fourth-order valence-corrected chi connectivity index (χ4v) is 2.92. The van der Waals surface area contributed by atoms with Crippen LogP contribution >= 0.6 is 0 Å². The summed E-state index contributed by atoms with van der Waals surface area (Å²) in [7, 11) is 1.97. The predicted molar refractivity (Wildman–Crippen MR) is 91.7 cm³/mol. The Hall–Kier alpha value is -2.55. The molecule has 0 fully saturated rings. The number of ketones is 1. The summed E-state index contributed by atoms with van der Waals surface area (Å²) in [5.41, 5.74) is 5.22. The minimum Gasteiger partial charge on any atom is -0.377 e. The van der Waals surface area contributed by atoms with Crippen molar-refractivity contribution in [3.8, 4) is 0 Å². The number of fused-ring (bicyclic) bond motifs is 1. The normalized spacial score (nSPS) is 10.9. The minimum atomic E-state index is 0.111. The Kier molecular flexibility index (Phi) is 3.72. The summed E-state index contributed by atoms with van der Waals surface area (Å²) in [5.74, 6) is 0.111. The van der Waals surface area contributed by atoms with Crippen molar-refractivity contribution in [3.05, 3.63) is 65.4 Å². The van der Waals surface area contributed by atoms with E-state index in [4.69, 9.17) is 0 Å². The molecule has 0 amide bonds. The van der Waals surface area contributed by atoms with Gasteiger partial charge in [-0.2, -0.15) is 0 Å². The molecule has 1 N–H and O–H groups in total. The zero-order chi connectivity index (χ0) is 15.7. The van der Waals surface area contributed by atoms with Crippen molar-refractivity contribution in [2.75, 3.05) is 11.9 Å². The number of Topliss-reactive ketones (excluding diaryl/α,β-unsaturated/α-hetero) is 1. The summed E-state index contributed by atoms with van der Waals surface area (Å²) < 4.78 is 2.00. The van der Waals surface area contributed by atoms with Crippen molar-refractivity contribution >= 4 is 22.4 Å². The summed E-state index contributed by atoms with van der Waals surface area (Å²) in [4.78, 5) is 12.6. The summed E-state index contributed by atoms with van der Waals surface area (Å²) in [5, 5.41) is 4.31. The number of aryl methyl sites for hydroxylation is 3. The van der Waals surface area contributed by atoms with Gasteiger partial charge in [0.1, 0.15) is 0 Å². The van der Waals surface area contributed by atoms with Crippen LogP contribution in [0.4, 0.5) is 5.69 Å². The summed E-state index contributed by atoms with van der Waals surface area (Å²) in [6, 6.07) is 14.1. The number of carbonyl (C=O) groups excluding carboxylic acids is 1. The van der Waals surface area contributed by atoms with E-state index in [1.54, 1.807) is 0 Å². The van der Waals surface area contributed by atoms with Gasteiger partial charge in [0.2, 0.25) is 0 Å². The lowest BCUT2D eigenvalue weighted by Gasteiger charge is -2.11. The molecule has 2 aromatic carbocycles. The average Bonchev–Trinajstić information content (AvgIpc) is 2.84. The molecule has 3 heteroatoms. The number of carbonyl (C=O) groups is 1. The summed E-state index contributed by atoms with van der Waals surface area (Å²) >= 11 is 0. The first-order valence-electron chi connectivity index (χ1n) is 7.45. The molecule has 0 radical (unpaired) electrons. The molecule has 0 bridgehead atoms. The van der Waals surface area contributed by atoms with Crippen molar-refractivity contribution in [2.24, 2.45) is 7.05 Å². The van der Waals surface area contributed by atoms with E-state index in [2.05, 4.69) is 31.3 Å². The van der Waals surface area contributed by atoms with E-state index in [-0.39, 0.29) is 5.78 Å². The Bertz CT molecular complexity index is 826. The van der Waals surface area contributed by atoms with Crippen LogP contribution in [0.2, 0.25) is 0 Å². The third-order valence-corrected chi connectivity index (χ3v) is 4.10. The van der Waals surface area contributed by atoms with E-state index in [1.165, 1.54) is 0 Å². The highest BCUT2D eigenvalue weighted by atomic mass is 16.1. The Labute approximate surface area is 130 Å². The van der Waals surface area contributed by atoms with Crippen LogP contribution in [0, 0.1) is 13.8 Å². The maximum absolute atomic E-state index is 12.6. The number of rotatable bonds is 4. The van der Waals surface area contributed by atoms with Gasteiger partial charge in [-0.25, -0.2) is 0 Å². The first kappa shape index (κ1) is 14.4. The highest BCUT2D eigenvalue weighted by molar-refractivity contribution is 6.09. The SMILES string of the molecule is Cc1cccc(C)c1NCC(=O)c1cn(C)c2ccccc12. The first-order chi connectivity index (χ1) is 10.6. The standard InChI is InChI=1S/C19H20N2O/c1-13-7-6-8-14(2)19(13)20-11-18(22)16-12-21(3)17-10-5-4-9-15(16)17/h4-10,12,20H,11H2,1-3H3. The van der Waals surface area contributed by atoms with Crippen LogP contribution in [-0.4, -0.2) is 16.9 Å². The van der Waals surface area contributed by atoms with Crippen LogP contribution in [0.3, 0.4) is 0 Å². The molecule has 0 unspecified atom stereocenters. The number of nitrogens with one attached hydrogen (secondary N) is 1. The molecule has 3 aromatic rings. The predicted octanol–water partition coefficient (Wildman–Crippen LogP) is 4.09. The molecular weight excluding hydrogens is 272 g/mol. The zero-order valence-corrected chi connectivity index (χ0v) is 13.2. The second-order valence-corrected chi connectivity index (χ2v) is 5.71. The second kappa shape index (κ2) is 5.68. The van der Waals surface area contributed by atoms with E-state index < -0.39 is 0 Å². The van der Waals surface area contributed by atoms with E-state index in [1.807, 2.05) is 48.1 Å². The fourth-order valence-electron chi connectivity index (χ4n) is 2.92. The second-order valence-electron chi connectivity index (χ2n) is 5.71. The third kappa shape index (κ3) is 2.50. The minimum absolute atomic E-state index is 0.111. The molecule has 3 nitrogen and oxygen atoms in total. The highest BCUT2D eigenvalue weighted by Gasteiger charge is 2.14. The molecule has 1 aromatic heterocycles. The first-order valence-corrected chi connectivity index (χ1v) is 7.45. The molecule has 0 atom stereocenters. The fraction of sp³-hybridized carbons (Fsp3) is 0.211. The molecule has 0 saturated carbocycles. The number of hydrogen-bond acceptors (Lipinski definition) is 2. The van der Waals surface area contributed by atoms with Crippen LogP contribution in [0.1, 0.15) is 21.5 Å². The molecule has 0 saturated heterocycles. The van der Waals surface area contributed by atoms with Crippen molar-refractivity contribution in [2.45, 2.75) is 13.8 Å². The average molecular weight is 292 g/mol. The maximum Gasteiger partial charge on any atom is 0.184 e.